The van der Waals surface area contributed by atoms with Gasteiger partial charge in [-0.15, -0.1) is 0 Å². The molecule has 3 aromatic carbocycles. The normalized spacial score (nSPS) is 10.6. The highest BCUT2D eigenvalue weighted by atomic mass is 16.1. The van der Waals surface area contributed by atoms with Crippen LogP contribution in [0.25, 0.3) is 22.5 Å². The minimum atomic E-state index is -0.105. The molecular formula is C25H22N2O. The average Bonchev–Trinajstić information content (AvgIpc) is 3.13. The van der Waals surface area contributed by atoms with Gasteiger partial charge in [0.15, 0.2) is 0 Å². The number of carbonyl (C=O) groups is 1. The lowest BCUT2D eigenvalue weighted by Gasteiger charge is -2.10. The van der Waals surface area contributed by atoms with E-state index in [0.717, 1.165) is 40.2 Å². The number of hydrogen-bond donors (Lipinski definition) is 2. The summed E-state index contributed by atoms with van der Waals surface area (Å²) in [7, 11) is 0. The maximum atomic E-state index is 12.9. The molecule has 1 heterocycles. The minimum absolute atomic E-state index is 0.105. The van der Waals surface area contributed by atoms with Crippen LogP contribution in [0.15, 0.2) is 91.0 Å². The lowest BCUT2D eigenvalue weighted by atomic mass is 10.0. The third-order valence-corrected chi connectivity index (χ3v) is 4.86. The first-order valence-corrected chi connectivity index (χ1v) is 9.50. The summed E-state index contributed by atoms with van der Waals surface area (Å²) in [4.78, 5) is 16.5. The predicted molar refractivity (Wildman–Crippen MR) is 115 cm³/mol. The van der Waals surface area contributed by atoms with E-state index in [1.54, 1.807) is 0 Å². The van der Waals surface area contributed by atoms with Gasteiger partial charge in [-0.1, -0.05) is 85.8 Å². The maximum absolute atomic E-state index is 12.9. The third kappa shape index (κ3) is 3.47. The molecule has 0 saturated heterocycles. The van der Waals surface area contributed by atoms with Crippen LogP contribution in [-0.4, -0.2) is 10.9 Å². The zero-order chi connectivity index (χ0) is 19.3. The van der Waals surface area contributed by atoms with Crippen LogP contribution in [0.1, 0.15) is 22.8 Å². The van der Waals surface area contributed by atoms with Gasteiger partial charge in [-0.05, 0) is 24.1 Å². The number of nitrogens with one attached hydrogen (secondary N) is 2. The molecule has 1 aromatic heterocycles. The van der Waals surface area contributed by atoms with Crippen LogP contribution in [0.5, 0.6) is 0 Å². The number of carbonyl (C=O) groups excluding carboxylic acids is 1. The Morgan fingerprint density at radius 3 is 1.79 bits per heavy atom. The van der Waals surface area contributed by atoms with Crippen molar-refractivity contribution in [2.75, 3.05) is 5.32 Å². The van der Waals surface area contributed by atoms with Gasteiger partial charge in [-0.2, -0.15) is 0 Å². The Morgan fingerprint density at radius 1 is 0.750 bits per heavy atom. The number of anilines is 1. The van der Waals surface area contributed by atoms with Gasteiger partial charge in [0.05, 0.1) is 17.1 Å². The number of aromatic amines is 1. The van der Waals surface area contributed by atoms with Crippen LogP contribution in [0.3, 0.4) is 0 Å². The zero-order valence-electron chi connectivity index (χ0n) is 15.8. The Bertz CT molecular complexity index is 1070. The summed E-state index contributed by atoms with van der Waals surface area (Å²) < 4.78 is 0. The molecule has 0 fully saturated rings. The second-order valence-electron chi connectivity index (χ2n) is 6.63. The number of rotatable bonds is 5. The lowest BCUT2D eigenvalue weighted by Crippen LogP contribution is -2.13. The van der Waals surface area contributed by atoms with E-state index in [2.05, 4.69) is 41.5 Å². The van der Waals surface area contributed by atoms with Crippen molar-refractivity contribution in [3.63, 3.8) is 0 Å². The summed E-state index contributed by atoms with van der Waals surface area (Å²) in [6, 6.07) is 29.7. The topological polar surface area (TPSA) is 44.9 Å². The van der Waals surface area contributed by atoms with Crippen LogP contribution >= 0.6 is 0 Å². The van der Waals surface area contributed by atoms with Gasteiger partial charge in [-0.3, -0.25) is 4.79 Å². The molecule has 138 valence electrons. The Balaban J connectivity index is 1.85. The minimum Gasteiger partial charge on any atom is -0.353 e. The number of H-pyrrole nitrogens is 1. The average molecular weight is 366 g/mol. The molecule has 28 heavy (non-hydrogen) atoms. The molecule has 0 radical (unpaired) electrons. The highest BCUT2D eigenvalue weighted by molar-refractivity contribution is 6.07. The van der Waals surface area contributed by atoms with Gasteiger partial charge in [0.25, 0.3) is 5.91 Å². The van der Waals surface area contributed by atoms with Crippen molar-refractivity contribution in [3.8, 4) is 22.5 Å². The van der Waals surface area contributed by atoms with Gasteiger partial charge in [-0.25, -0.2) is 0 Å². The molecule has 0 unspecified atom stereocenters. The fourth-order valence-corrected chi connectivity index (χ4v) is 3.48. The summed E-state index contributed by atoms with van der Waals surface area (Å²) in [5.74, 6) is -0.105. The molecule has 0 aliphatic carbocycles. The Kier molecular flexibility index (Phi) is 5.07. The van der Waals surface area contributed by atoms with Crippen molar-refractivity contribution in [3.05, 3.63) is 102 Å². The van der Waals surface area contributed by atoms with Crippen molar-refractivity contribution in [1.29, 1.82) is 0 Å². The maximum Gasteiger partial charge on any atom is 0.255 e. The van der Waals surface area contributed by atoms with Crippen LogP contribution in [0.2, 0.25) is 0 Å². The fourth-order valence-electron chi connectivity index (χ4n) is 3.48. The summed E-state index contributed by atoms with van der Waals surface area (Å²) >= 11 is 0. The third-order valence-electron chi connectivity index (χ3n) is 4.86. The summed E-state index contributed by atoms with van der Waals surface area (Å²) in [6.45, 7) is 2.11. The first-order chi connectivity index (χ1) is 13.8. The second-order valence-corrected chi connectivity index (χ2v) is 6.63. The van der Waals surface area contributed by atoms with Crippen molar-refractivity contribution in [2.24, 2.45) is 0 Å². The molecule has 0 aliphatic heterocycles. The first kappa shape index (κ1) is 17.8. The molecule has 2 N–H and O–H groups in total. The molecule has 3 heteroatoms. The highest BCUT2D eigenvalue weighted by Crippen LogP contribution is 2.38. The number of benzene rings is 3. The smallest absolute Gasteiger partial charge is 0.255 e. The standard InChI is InChI=1S/C25H22N2O/c1-2-21-22(18-12-6-3-7-13-18)26-23(19-14-8-4-9-15-19)24(21)27-25(28)20-16-10-5-11-17-20/h3-17,26H,2H2,1H3,(H,27,28). The number of aromatic nitrogens is 1. The molecule has 4 aromatic rings. The second kappa shape index (κ2) is 7.97. The predicted octanol–water partition coefficient (Wildman–Crippen LogP) is 6.16. The van der Waals surface area contributed by atoms with E-state index < -0.39 is 0 Å². The monoisotopic (exact) mass is 366 g/mol. The van der Waals surface area contributed by atoms with Crippen LogP contribution in [0, 0.1) is 0 Å². The quantitative estimate of drug-likeness (QED) is 0.436. The van der Waals surface area contributed by atoms with E-state index in [1.807, 2.05) is 66.7 Å². The highest BCUT2D eigenvalue weighted by Gasteiger charge is 2.20. The number of hydrogen-bond acceptors (Lipinski definition) is 1. The summed E-state index contributed by atoms with van der Waals surface area (Å²) in [5, 5.41) is 3.16. The lowest BCUT2D eigenvalue weighted by molar-refractivity contribution is 0.102. The van der Waals surface area contributed by atoms with E-state index in [0.29, 0.717) is 5.56 Å². The fraction of sp³-hybridized carbons (Fsp3) is 0.0800. The summed E-state index contributed by atoms with van der Waals surface area (Å²) in [6.07, 6.45) is 0.804. The van der Waals surface area contributed by atoms with E-state index in [9.17, 15) is 4.79 Å². The van der Waals surface area contributed by atoms with E-state index in [-0.39, 0.29) is 5.91 Å². The van der Waals surface area contributed by atoms with Crippen LogP contribution in [-0.2, 0) is 6.42 Å². The SMILES string of the molecule is CCc1c(-c2ccccc2)[nH]c(-c2ccccc2)c1NC(=O)c1ccccc1. The number of amides is 1. The molecule has 1 amide bonds. The molecule has 0 saturated carbocycles. The molecule has 0 atom stereocenters. The van der Waals surface area contributed by atoms with Crippen LogP contribution < -0.4 is 5.32 Å². The van der Waals surface area contributed by atoms with Crippen molar-refractivity contribution in [1.82, 2.24) is 4.98 Å². The van der Waals surface area contributed by atoms with E-state index in [1.165, 1.54) is 0 Å². The molecule has 0 bridgehead atoms. The van der Waals surface area contributed by atoms with Gasteiger partial charge < -0.3 is 10.3 Å². The summed E-state index contributed by atoms with van der Waals surface area (Å²) in [5.41, 5.74) is 6.73. The van der Waals surface area contributed by atoms with Gasteiger partial charge >= 0.3 is 0 Å². The van der Waals surface area contributed by atoms with E-state index in [4.69, 9.17) is 0 Å². The molecule has 3 nitrogen and oxygen atoms in total. The molecular weight excluding hydrogens is 344 g/mol. The Labute approximate surface area is 165 Å². The van der Waals surface area contributed by atoms with E-state index >= 15 is 0 Å². The Hall–Kier alpha value is -3.59. The zero-order valence-corrected chi connectivity index (χ0v) is 15.8. The van der Waals surface area contributed by atoms with Crippen molar-refractivity contribution >= 4 is 11.6 Å². The van der Waals surface area contributed by atoms with Gasteiger partial charge in [0.1, 0.15) is 0 Å². The first-order valence-electron chi connectivity index (χ1n) is 9.50. The van der Waals surface area contributed by atoms with Crippen molar-refractivity contribution < 1.29 is 4.79 Å². The molecule has 0 aliphatic rings. The van der Waals surface area contributed by atoms with Gasteiger partial charge in [0.2, 0.25) is 0 Å². The Morgan fingerprint density at radius 2 is 1.25 bits per heavy atom. The molecule has 4 rings (SSSR count). The van der Waals surface area contributed by atoms with Crippen LogP contribution in [0.4, 0.5) is 5.69 Å². The van der Waals surface area contributed by atoms with Crippen molar-refractivity contribution in [2.45, 2.75) is 13.3 Å². The molecule has 0 spiro atoms. The largest absolute Gasteiger partial charge is 0.353 e. The van der Waals surface area contributed by atoms with Gasteiger partial charge in [0, 0.05) is 16.7 Å².